The fourth-order valence-electron chi connectivity index (χ4n) is 2.14. The van der Waals surface area contributed by atoms with E-state index in [1.807, 2.05) is 0 Å². The average molecular weight is 395 g/mol. The van der Waals surface area contributed by atoms with Gasteiger partial charge in [-0.2, -0.15) is 0 Å². The Bertz CT molecular complexity index is 297. The van der Waals surface area contributed by atoms with Crippen molar-refractivity contribution in [2.24, 2.45) is 0 Å². The summed E-state index contributed by atoms with van der Waals surface area (Å²) in [5.41, 5.74) is 0. The number of rotatable bonds is 15. The van der Waals surface area contributed by atoms with Crippen molar-refractivity contribution < 1.29 is 13.0 Å². The summed E-state index contributed by atoms with van der Waals surface area (Å²) in [6.45, 7) is 2.25. The molecule has 0 atom stereocenters. The monoisotopic (exact) mass is 396 g/mol. The van der Waals surface area contributed by atoms with Crippen molar-refractivity contribution in [3.63, 3.8) is 0 Å². The summed E-state index contributed by atoms with van der Waals surface area (Å²) < 4.78 is 29.6. The van der Waals surface area contributed by atoms with Gasteiger partial charge in [-0.1, -0.05) is 0 Å². The number of hydrogen-bond acceptors (Lipinski definition) is 2. The Balaban J connectivity index is 0. The molecule has 0 saturated carbocycles. The van der Waals surface area contributed by atoms with Crippen molar-refractivity contribution in [3.05, 3.63) is 0 Å². The van der Waals surface area contributed by atoms with Gasteiger partial charge in [0.1, 0.15) is 0 Å². The Morgan fingerprint density at radius 2 is 1.19 bits per heavy atom. The van der Waals surface area contributed by atoms with Crippen LogP contribution in [0.25, 0.3) is 0 Å². The van der Waals surface area contributed by atoms with Crippen molar-refractivity contribution in [2.75, 3.05) is 5.75 Å². The fourth-order valence-corrected chi connectivity index (χ4v) is 5.07. The van der Waals surface area contributed by atoms with E-state index in [-0.39, 0.29) is 35.3 Å². The molecule has 0 bridgehead atoms. The second-order valence-corrected chi connectivity index (χ2v) is 9.58. The molecule has 0 aromatic heterocycles. The van der Waals surface area contributed by atoms with Crippen molar-refractivity contribution in [1.82, 2.24) is 0 Å². The summed E-state index contributed by atoms with van der Waals surface area (Å²) in [7, 11) is -3.73. The van der Waals surface area contributed by atoms with Gasteiger partial charge in [0.05, 0.1) is 0 Å². The van der Waals surface area contributed by atoms with Gasteiger partial charge in [0.2, 0.25) is 0 Å². The van der Waals surface area contributed by atoms with Crippen LogP contribution in [-0.4, -0.2) is 63.2 Å². The Labute approximate surface area is 160 Å². The maximum atomic E-state index is 10.5. The summed E-state index contributed by atoms with van der Waals surface area (Å²) in [6, 6.07) is 0. The van der Waals surface area contributed by atoms with Gasteiger partial charge >= 0.3 is 162 Å². The van der Waals surface area contributed by atoms with Crippen LogP contribution >= 0.6 is 0 Å². The Kier molecular flexibility index (Phi) is 20.9. The first-order valence-electron chi connectivity index (χ1n) is 8.09. The van der Waals surface area contributed by atoms with Crippen molar-refractivity contribution in [1.29, 1.82) is 0 Å². The van der Waals surface area contributed by atoms with Crippen LogP contribution in [0, 0.1) is 0 Å². The molecule has 0 aliphatic heterocycles. The molecular formula is C15H33NaO3SSe. The van der Waals surface area contributed by atoms with Crippen molar-refractivity contribution in [2.45, 2.75) is 88.2 Å². The van der Waals surface area contributed by atoms with E-state index in [1.54, 1.807) is 0 Å². The van der Waals surface area contributed by atoms with Crippen LogP contribution in [0.5, 0.6) is 0 Å². The van der Waals surface area contributed by atoms with Crippen LogP contribution < -0.4 is 0 Å². The molecule has 124 valence electrons. The third kappa shape index (κ3) is 23.8. The molecule has 0 spiro atoms. The Morgan fingerprint density at radius 1 is 0.762 bits per heavy atom. The first-order valence-corrected chi connectivity index (χ1v) is 12.1. The molecular weight excluding hydrogens is 362 g/mol. The van der Waals surface area contributed by atoms with Crippen LogP contribution in [-0.2, 0) is 10.1 Å². The molecule has 0 aliphatic carbocycles. The summed E-state index contributed by atoms with van der Waals surface area (Å²) >= 11 is 0.560. The molecule has 0 unspecified atom stereocenters. The zero-order valence-corrected chi connectivity index (χ0v) is 15.5. The molecule has 0 fully saturated rings. The van der Waals surface area contributed by atoms with E-state index < -0.39 is 10.1 Å². The molecule has 0 amide bonds. The van der Waals surface area contributed by atoms with Gasteiger partial charge in [0.15, 0.2) is 0 Å². The zero-order chi connectivity index (χ0) is 15.1. The second kappa shape index (κ2) is 17.8. The quantitative estimate of drug-likeness (QED) is 0.258. The molecule has 21 heavy (non-hydrogen) atoms. The van der Waals surface area contributed by atoms with Gasteiger partial charge in [-0.15, -0.1) is 0 Å². The van der Waals surface area contributed by atoms with Gasteiger partial charge in [0, 0.05) is 0 Å². The number of hydrogen-bond donors (Lipinski definition) is 1. The standard InChI is InChI=1S/C15H32O3SSe.Na.H/c1-2-3-4-5-6-7-8-9-10-11-14-20-15-12-13-19(16,17)18;;/h2-15H2,1H3,(H,16,17,18);;. The topological polar surface area (TPSA) is 54.4 Å². The Hall–Kier alpha value is 1.43. The van der Waals surface area contributed by atoms with E-state index in [2.05, 4.69) is 6.92 Å². The molecule has 0 rings (SSSR count). The first-order chi connectivity index (χ1) is 9.56. The van der Waals surface area contributed by atoms with E-state index in [0.29, 0.717) is 21.4 Å². The van der Waals surface area contributed by atoms with Gasteiger partial charge in [-0.05, 0) is 0 Å². The Morgan fingerprint density at radius 3 is 1.67 bits per heavy atom. The van der Waals surface area contributed by atoms with Crippen LogP contribution in [0.2, 0.25) is 10.6 Å². The predicted octanol–water partition coefficient (Wildman–Crippen LogP) is 4.08. The van der Waals surface area contributed by atoms with Gasteiger partial charge in [0.25, 0.3) is 0 Å². The average Bonchev–Trinajstić information content (AvgIpc) is 2.38. The zero-order valence-electron chi connectivity index (χ0n) is 13.0. The van der Waals surface area contributed by atoms with E-state index in [4.69, 9.17) is 4.55 Å². The number of unbranched alkanes of at least 4 members (excludes halogenated alkanes) is 9. The van der Waals surface area contributed by atoms with Crippen molar-refractivity contribution in [3.8, 4) is 0 Å². The maximum absolute atomic E-state index is 10.5. The van der Waals surface area contributed by atoms with E-state index in [0.717, 1.165) is 5.32 Å². The molecule has 3 nitrogen and oxygen atoms in total. The molecule has 0 aromatic rings. The minimum absolute atomic E-state index is 0. The van der Waals surface area contributed by atoms with E-state index in [1.165, 1.54) is 69.5 Å². The molecule has 6 heteroatoms. The van der Waals surface area contributed by atoms with E-state index in [9.17, 15) is 8.42 Å². The first kappa shape index (κ1) is 24.7. The van der Waals surface area contributed by atoms with Gasteiger partial charge in [-0.25, -0.2) is 0 Å². The molecule has 0 heterocycles. The van der Waals surface area contributed by atoms with Gasteiger partial charge < -0.3 is 0 Å². The normalized spacial score (nSPS) is 11.3. The van der Waals surface area contributed by atoms with Crippen molar-refractivity contribution >= 4 is 54.6 Å². The van der Waals surface area contributed by atoms with Gasteiger partial charge in [-0.3, -0.25) is 0 Å². The molecule has 0 radical (unpaired) electrons. The van der Waals surface area contributed by atoms with Crippen LogP contribution in [0.4, 0.5) is 0 Å². The molecule has 1 N–H and O–H groups in total. The SMILES string of the molecule is CCCCCCCCCCCC[Se]CCCS(=O)(=O)O.[NaH]. The van der Waals surface area contributed by atoms with E-state index >= 15 is 0 Å². The summed E-state index contributed by atoms with van der Waals surface area (Å²) in [6.07, 6.45) is 14.3. The van der Waals surface area contributed by atoms with Crippen LogP contribution in [0.3, 0.4) is 0 Å². The predicted molar refractivity (Wildman–Crippen MR) is 95.4 cm³/mol. The minimum atomic E-state index is -3.73. The summed E-state index contributed by atoms with van der Waals surface area (Å²) in [4.78, 5) is 0. The third-order valence-corrected chi connectivity index (χ3v) is 6.56. The summed E-state index contributed by atoms with van der Waals surface area (Å²) in [5, 5.41) is 2.24. The molecule has 0 saturated heterocycles. The molecule has 0 aromatic carbocycles. The third-order valence-electron chi connectivity index (χ3n) is 3.33. The van der Waals surface area contributed by atoms with Crippen LogP contribution in [0.15, 0.2) is 0 Å². The fraction of sp³-hybridized carbons (Fsp3) is 1.00. The molecule has 0 aliphatic rings. The second-order valence-electron chi connectivity index (χ2n) is 5.43. The summed E-state index contributed by atoms with van der Waals surface area (Å²) in [5.74, 6) is -0.0627. The van der Waals surface area contributed by atoms with Crippen LogP contribution in [0.1, 0.15) is 77.6 Å².